The number of ether oxygens (including phenoxy) is 1. The van der Waals surface area contributed by atoms with Gasteiger partial charge in [0, 0.05) is 32.5 Å². The topological polar surface area (TPSA) is 51.2 Å². The second-order valence-corrected chi connectivity index (χ2v) is 4.57. The first-order valence-electron chi connectivity index (χ1n) is 5.58. The number of rotatable bonds is 4. The number of nitrogens with one attached hydrogen (secondary N) is 1. The Morgan fingerprint density at radius 1 is 1.71 bits per heavy atom. The van der Waals surface area contributed by atoms with Gasteiger partial charge in [-0.3, -0.25) is 9.78 Å². The van der Waals surface area contributed by atoms with Crippen LogP contribution in [0.5, 0.6) is 0 Å². The molecule has 92 valence electrons. The molecule has 0 saturated carbocycles. The predicted molar refractivity (Wildman–Crippen MR) is 65.2 cm³/mol. The Labute approximate surface area is 105 Å². The van der Waals surface area contributed by atoms with E-state index in [2.05, 4.69) is 10.3 Å². The van der Waals surface area contributed by atoms with Crippen molar-refractivity contribution in [3.63, 3.8) is 0 Å². The molecule has 0 aromatic carbocycles. The number of pyridine rings is 1. The number of aromatic nitrogens is 1. The van der Waals surface area contributed by atoms with Crippen molar-refractivity contribution >= 4 is 17.4 Å². The van der Waals surface area contributed by atoms with Gasteiger partial charge in [-0.25, -0.2) is 0 Å². The van der Waals surface area contributed by atoms with Crippen molar-refractivity contribution < 1.29 is 9.53 Å². The minimum Gasteiger partial charge on any atom is -0.380 e. The van der Waals surface area contributed by atoms with Gasteiger partial charge in [0.15, 0.2) is 5.78 Å². The van der Waals surface area contributed by atoms with E-state index in [0.717, 1.165) is 18.5 Å². The van der Waals surface area contributed by atoms with Crippen LogP contribution in [0.1, 0.15) is 12.0 Å². The fourth-order valence-electron chi connectivity index (χ4n) is 1.99. The van der Waals surface area contributed by atoms with E-state index >= 15 is 0 Å². The van der Waals surface area contributed by atoms with Gasteiger partial charge in [0.05, 0.1) is 17.2 Å². The highest BCUT2D eigenvalue weighted by Crippen LogP contribution is 2.17. The second-order valence-electron chi connectivity index (χ2n) is 4.16. The molecule has 0 spiro atoms. The fraction of sp³-hybridized carbons (Fsp3) is 0.500. The van der Waals surface area contributed by atoms with Crippen LogP contribution < -0.4 is 5.32 Å². The molecule has 1 aliphatic heterocycles. The maximum atomic E-state index is 12.0. The van der Waals surface area contributed by atoms with Crippen molar-refractivity contribution in [1.82, 2.24) is 10.3 Å². The van der Waals surface area contributed by atoms with Crippen molar-refractivity contribution in [2.24, 2.45) is 0 Å². The zero-order valence-corrected chi connectivity index (χ0v) is 10.4. The highest BCUT2D eigenvalue weighted by atomic mass is 35.5. The van der Waals surface area contributed by atoms with Crippen LogP contribution in [-0.4, -0.2) is 36.6 Å². The van der Waals surface area contributed by atoms with Crippen LogP contribution in [-0.2, 0) is 16.0 Å². The molecule has 0 aliphatic carbocycles. The largest absolute Gasteiger partial charge is 0.380 e. The molecule has 1 N–H and O–H groups in total. The van der Waals surface area contributed by atoms with Gasteiger partial charge in [-0.05, 0) is 18.1 Å². The Morgan fingerprint density at radius 3 is 3.18 bits per heavy atom. The summed E-state index contributed by atoms with van der Waals surface area (Å²) in [4.78, 5) is 15.9. The van der Waals surface area contributed by atoms with Gasteiger partial charge in [0.1, 0.15) is 0 Å². The van der Waals surface area contributed by atoms with Gasteiger partial charge in [-0.1, -0.05) is 11.6 Å². The van der Waals surface area contributed by atoms with Crippen molar-refractivity contribution in [3.8, 4) is 0 Å². The maximum Gasteiger partial charge on any atom is 0.154 e. The lowest BCUT2D eigenvalue weighted by Crippen LogP contribution is -2.31. The number of hydrogen-bond donors (Lipinski definition) is 1. The first-order valence-corrected chi connectivity index (χ1v) is 5.95. The van der Waals surface area contributed by atoms with Crippen LogP contribution in [0.3, 0.4) is 0 Å². The van der Waals surface area contributed by atoms with Gasteiger partial charge in [0.2, 0.25) is 0 Å². The average Bonchev–Trinajstić information content (AvgIpc) is 2.81. The normalized spacial score (nSPS) is 23.9. The van der Waals surface area contributed by atoms with Crippen LogP contribution in [0.15, 0.2) is 18.5 Å². The third-order valence-electron chi connectivity index (χ3n) is 3.03. The Kier molecular flexibility index (Phi) is 4.10. The lowest BCUT2D eigenvalue weighted by atomic mass is 10.0. The number of ketones is 1. The molecule has 0 bridgehead atoms. The number of methoxy groups -OCH3 is 1. The number of halogens is 1. The molecule has 1 aromatic rings. The summed E-state index contributed by atoms with van der Waals surface area (Å²) in [7, 11) is 1.67. The standard InChI is InChI=1S/C12H15ClN2O2/c1-17-9-5-11(15-6-9)12(16)4-8-2-3-14-7-10(8)13/h2-3,7,9,11,15H,4-6H2,1H3. The van der Waals surface area contributed by atoms with Crippen molar-refractivity contribution in [1.29, 1.82) is 0 Å². The van der Waals surface area contributed by atoms with Crippen LogP contribution in [0.25, 0.3) is 0 Å². The Hall–Kier alpha value is -0.970. The van der Waals surface area contributed by atoms with E-state index in [-0.39, 0.29) is 17.9 Å². The molecule has 1 fully saturated rings. The molecule has 0 radical (unpaired) electrons. The summed E-state index contributed by atoms with van der Waals surface area (Å²) >= 11 is 5.97. The molecule has 2 unspecified atom stereocenters. The Morgan fingerprint density at radius 2 is 2.53 bits per heavy atom. The summed E-state index contributed by atoms with van der Waals surface area (Å²) in [6.45, 7) is 0.733. The minimum absolute atomic E-state index is 0.121. The maximum absolute atomic E-state index is 12.0. The third-order valence-corrected chi connectivity index (χ3v) is 3.37. The summed E-state index contributed by atoms with van der Waals surface area (Å²) < 4.78 is 5.21. The number of nitrogens with zero attached hydrogens (tertiary/aromatic N) is 1. The lowest BCUT2D eigenvalue weighted by molar-refractivity contribution is -0.120. The van der Waals surface area contributed by atoms with Crippen molar-refractivity contribution in [3.05, 3.63) is 29.0 Å². The molecule has 4 nitrogen and oxygen atoms in total. The summed E-state index contributed by atoms with van der Waals surface area (Å²) in [5.74, 6) is 0.151. The van der Waals surface area contributed by atoms with Gasteiger partial charge in [0.25, 0.3) is 0 Å². The highest BCUT2D eigenvalue weighted by Gasteiger charge is 2.29. The summed E-state index contributed by atoms with van der Waals surface area (Å²) in [6, 6.07) is 1.66. The quantitative estimate of drug-likeness (QED) is 0.878. The van der Waals surface area contributed by atoms with Crippen molar-refractivity contribution in [2.45, 2.75) is 25.0 Å². The van der Waals surface area contributed by atoms with E-state index in [1.54, 1.807) is 25.6 Å². The van der Waals surface area contributed by atoms with Gasteiger partial charge in [-0.15, -0.1) is 0 Å². The molecule has 1 aliphatic rings. The monoisotopic (exact) mass is 254 g/mol. The molecule has 2 atom stereocenters. The minimum atomic E-state index is -0.121. The summed E-state index contributed by atoms with van der Waals surface area (Å²) in [5.41, 5.74) is 0.828. The number of hydrogen-bond acceptors (Lipinski definition) is 4. The van der Waals surface area contributed by atoms with E-state index in [1.807, 2.05) is 0 Å². The molecule has 5 heteroatoms. The lowest BCUT2D eigenvalue weighted by Gasteiger charge is -2.09. The molecule has 2 rings (SSSR count). The van der Waals surface area contributed by atoms with Crippen LogP contribution in [0, 0.1) is 0 Å². The van der Waals surface area contributed by atoms with Crippen LogP contribution in [0.2, 0.25) is 5.02 Å². The smallest absolute Gasteiger partial charge is 0.154 e. The van der Waals surface area contributed by atoms with Gasteiger partial charge >= 0.3 is 0 Å². The number of carbonyl (C=O) groups excluding carboxylic acids is 1. The zero-order valence-electron chi connectivity index (χ0n) is 9.65. The van der Waals surface area contributed by atoms with E-state index in [1.165, 1.54) is 0 Å². The van der Waals surface area contributed by atoms with E-state index in [4.69, 9.17) is 16.3 Å². The van der Waals surface area contributed by atoms with Crippen LogP contribution in [0.4, 0.5) is 0 Å². The highest BCUT2D eigenvalue weighted by molar-refractivity contribution is 6.31. The third kappa shape index (κ3) is 3.03. The Bertz CT molecular complexity index is 411. The fourth-order valence-corrected chi connectivity index (χ4v) is 2.17. The molecule has 17 heavy (non-hydrogen) atoms. The van der Waals surface area contributed by atoms with Gasteiger partial charge < -0.3 is 10.1 Å². The van der Waals surface area contributed by atoms with E-state index in [9.17, 15) is 4.79 Å². The average molecular weight is 255 g/mol. The zero-order chi connectivity index (χ0) is 12.3. The summed E-state index contributed by atoms with van der Waals surface area (Å²) in [5, 5.41) is 3.71. The number of carbonyl (C=O) groups is 1. The molecular formula is C12H15ClN2O2. The first kappa shape index (κ1) is 12.5. The molecule has 1 saturated heterocycles. The first-order chi connectivity index (χ1) is 8.20. The SMILES string of the molecule is COC1CNC(C(=O)Cc2ccncc2Cl)C1. The molecule has 0 amide bonds. The van der Waals surface area contributed by atoms with E-state index < -0.39 is 0 Å². The second kappa shape index (κ2) is 5.58. The molecule has 2 heterocycles. The van der Waals surface area contributed by atoms with Crippen molar-refractivity contribution in [2.75, 3.05) is 13.7 Å². The summed E-state index contributed by atoms with van der Waals surface area (Å²) in [6.07, 6.45) is 4.42. The Balaban J connectivity index is 1.96. The van der Waals surface area contributed by atoms with Gasteiger partial charge in [-0.2, -0.15) is 0 Å². The molecule has 1 aromatic heterocycles. The van der Waals surface area contributed by atoms with Crippen LogP contribution >= 0.6 is 11.6 Å². The number of Topliss-reactive ketones (excluding diaryl/α,β-unsaturated/α-hetero) is 1. The predicted octanol–water partition coefficient (Wildman–Crippen LogP) is 1.22. The molecular weight excluding hydrogens is 240 g/mol. The van der Waals surface area contributed by atoms with E-state index in [0.29, 0.717) is 11.4 Å².